The van der Waals surface area contributed by atoms with E-state index >= 15 is 0 Å². The summed E-state index contributed by atoms with van der Waals surface area (Å²) in [5.41, 5.74) is 3.90. The lowest BCUT2D eigenvalue weighted by atomic mass is 9.79. The summed E-state index contributed by atoms with van der Waals surface area (Å²) in [6.45, 7) is 4.75. The molecule has 5 rings (SSSR count). The average Bonchev–Trinajstić information content (AvgIpc) is 3.46. The predicted octanol–water partition coefficient (Wildman–Crippen LogP) is 3.14. The molecule has 3 aromatic rings. The van der Waals surface area contributed by atoms with Crippen molar-refractivity contribution in [2.75, 3.05) is 40.5 Å². The SMILES string of the molecule is COC(=O)C1=C(C)NC(C)=C(C(=O)OC)C1c1cn(-c2ccccc2)nc1-c1ccc(S(=O)(=O)N2CCOCC2)cc1. The Labute approximate surface area is 244 Å². The zero-order valence-corrected chi connectivity index (χ0v) is 24.6. The molecule has 1 N–H and O–H groups in total. The number of para-hydroxylation sites is 1. The third-order valence-electron chi connectivity index (χ3n) is 7.38. The third-order valence-corrected chi connectivity index (χ3v) is 9.29. The van der Waals surface area contributed by atoms with Gasteiger partial charge in [-0.1, -0.05) is 30.3 Å². The zero-order chi connectivity index (χ0) is 30.0. The molecule has 1 saturated heterocycles. The summed E-state index contributed by atoms with van der Waals surface area (Å²) >= 11 is 0. The number of benzene rings is 2. The van der Waals surface area contributed by atoms with Crippen molar-refractivity contribution in [1.29, 1.82) is 0 Å². The normalized spacial score (nSPS) is 16.8. The van der Waals surface area contributed by atoms with E-state index in [2.05, 4.69) is 5.32 Å². The van der Waals surface area contributed by atoms with Crippen molar-refractivity contribution in [1.82, 2.24) is 19.4 Å². The van der Waals surface area contributed by atoms with E-state index in [1.54, 1.807) is 49.0 Å². The second-order valence-electron chi connectivity index (χ2n) is 9.87. The minimum Gasteiger partial charge on any atom is -0.466 e. The van der Waals surface area contributed by atoms with Crippen LogP contribution in [0.5, 0.6) is 0 Å². The van der Waals surface area contributed by atoms with Gasteiger partial charge in [0.05, 0.1) is 60.8 Å². The Morgan fingerprint density at radius 3 is 2.02 bits per heavy atom. The number of carbonyl (C=O) groups excluding carboxylic acids is 2. The molecule has 12 heteroatoms. The molecule has 220 valence electrons. The number of nitrogens with one attached hydrogen (secondary N) is 1. The van der Waals surface area contributed by atoms with Crippen LogP contribution in [-0.2, 0) is 33.8 Å². The lowest BCUT2D eigenvalue weighted by Gasteiger charge is -2.29. The molecule has 0 radical (unpaired) electrons. The summed E-state index contributed by atoms with van der Waals surface area (Å²) < 4.78 is 45.1. The highest BCUT2D eigenvalue weighted by Crippen LogP contribution is 2.43. The van der Waals surface area contributed by atoms with Gasteiger partial charge < -0.3 is 19.5 Å². The summed E-state index contributed by atoms with van der Waals surface area (Å²) in [6.07, 6.45) is 1.77. The van der Waals surface area contributed by atoms with E-state index in [-0.39, 0.29) is 29.1 Å². The molecule has 42 heavy (non-hydrogen) atoms. The topological polar surface area (TPSA) is 129 Å². The van der Waals surface area contributed by atoms with Gasteiger partial charge in [0, 0.05) is 41.8 Å². The first-order valence-electron chi connectivity index (χ1n) is 13.4. The molecule has 2 aliphatic rings. The van der Waals surface area contributed by atoms with Gasteiger partial charge >= 0.3 is 11.9 Å². The van der Waals surface area contributed by atoms with Crippen LogP contribution in [0.3, 0.4) is 0 Å². The van der Waals surface area contributed by atoms with Crippen molar-refractivity contribution >= 4 is 22.0 Å². The summed E-state index contributed by atoms with van der Waals surface area (Å²) in [6, 6.07) is 15.8. The molecule has 11 nitrogen and oxygen atoms in total. The quantitative estimate of drug-likeness (QED) is 0.412. The smallest absolute Gasteiger partial charge is 0.336 e. The molecule has 1 aromatic heterocycles. The highest BCUT2D eigenvalue weighted by molar-refractivity contribution is 7.89. The minimum absolute atomic E-state index is 0.149. The number of aromatic nitrogens is 2. The van der Waals surface area contributed by atoms with E-state index in [0.29, 0.717) is 41.4 Å². The van der Waals surface area contributed by atoms with Gasteiger partial charge in [0.1, 0.15) is 0 Å². The number of dihydropyridines is 1. The summed E-state index contributed by atoms with van der Waals surface area (Å²) in [5, 5.41) is 7.98. The maximum Gasteiger partial charge on any atom is 0.336 e. The highest BCUT2D eigenvalue weighted by Gasteiger charge is 2.40. The fourth-order valence-corrected chi connectivity index (χ4v) is 6.73. The van der Waals surface area contributed by atoms with E-state index in [9.17, 15) is 18.0 Å². The summed E-state index contributed by atoms with van der Waals surface area (Å²) in [7, 11) is -1.14. The van der Waals surface area contributed by atoms with Crippen LogP contribution in [0.25, 0.3) is 16.9 Å². The number of rotatable bonds is 7. The number of hydrogen-bond donors (Lipinski definition) is 1. The van der Waals surface area contributed by atoms with Crippen molar-refractivity contribution in [2.45, 2.75) is 24.7 Å². The van der Waals surface area contributed by atoms with Gasteiger partial charge in [0.2, 0.25) is 10.0 Å². The van der Waals surface area contributed by atoms with Crippen molar-refractivity contribution < 1.29 is 32.2 Å². The predicted molar refractivity (Wildman–Crippen MR) is 154 cm³/mol. The first-order chi connectivity index (χ1) is 20.2. The number of nitrogens with zero attached hydrogens (tertiary/aromatic N) is 3. The van der Waals surface area contributed by atoms with Crippen LogP contribution < -0.4 is 5.32 Å². The number of esters is 2. The molecular formula is C30H32N4O7S. The maximum absolute atomic E-state index is 13.2. The number of carbonyl (C=O) groups is 2. The summed E-state index contributed by atoms with van der Waals surface area (Å²) in [5.74, 6) is -2.09. The molecule has 0 spiro atoms. The first kappa shape index (κ1) is 29.2. The fourth-order valence-electron chi connectivity index (χ4n) is 5.32. The van der Waals surface area contributed by atoms with Gasteiger partial charge in [-0.05, 0) is 38.1 Å². The summed E-state index contributed by atoms with van der Waals surface area (Å²) in [4.78, 5) is 26.5. The van der Waals surface area contributed by atoms with Crippen molar-refractivity contribution in [2.24, 2.45) is 0 Å². The second-order valence-corrected chi connectivity index (χ2v) is 11.8. The van der Waals surface area contributed by atoms with Gasteiger partial charge in [0.25, 0.3) is 0 Å². The molecular weight excluding hydrogens is 560 g/mol. The van der Waals surface area contributed by atoms with E-state index in [4.69, 9.17) is 19.3 Å². The van der Waals surface area contributed by atoms with E-state index in [1.807, 2.05) is 30.3 Å². The standard InChI is InChI=1S/C30H32N4O7S/c1-19-25(29(35)39-3)27(26(20(2)31-19)30(36)40-4)24-18-34(22-8-6-5-7-9-22)32-28(24)21-10-12-23(13-11-21)42(37,38)33-14-16-41-17-15-33/h5-13,18,27,31H,14-17H2,1-4H3. The van der Waals surface area contributed by atoms with Crippen molar-refractivity contribution in [3.63, 3.8) is 0 Å². The van der Waals surface area contributed by atoms with Gasteiger partial charge in [-0.2, -0.15) is 9.40 Å². The van der Waals surface area contributed by atoms with Crippen LogP contribution in [0.4, 0.5) is 0 Å². The lowest BCUT2D eigenvalue weighted by molar-refractivity contribution is -0.137. The lowest BCUT2D eigenvalue weighted by Crippen LogP contribution is -2.40. The first-order valence-corrected chi connectivity index (χ1v) is 14.8. The Bertz CT molecular complexity index is 1630. The van der Waals surface area contributed by atoms with Gasteiger partial charge in [0.15, 0.2) is 0 Å². The number of allylic oxidation sites excluding steroid dienone is 2. The maximum atomic E-state index is 13.2. The number of sulfonamides is 1. The van der Waals surface area contributed by atoms with Gasteiger partial charge in [-0.25, -0.2) is 22.7 Å². The largest absolute Gasteiger partial charge is 0.466 e. The molecule has 0 aliphatic carbocycles. The fraction of sp³-hybridized carbons (Fsp3) is 0.300. The van der Waals surface area contributed by atoms with Gasteiger partial charge in [-0.3, -0.25) is 0 Å². The van der Waals surface area contributed by atoms with Crippen molar-refractivity contribution in [3.05, 3.63) is 88.9 Å². The average molecular weight is 593 g/mol. The highest BCUT2D eigenvalue weighted by atomic mass is 32.2. The Balaban J connectivity index is 1.69. The number of ether oxygens (including phenoxy) is 3. The molecule has 0 amide bonds. The molecule has 0 unspecified atom stereocenters. The molecule has 2 aromatic carbocycles. The number of methoxy groups -OCH3 is 2. The Hall–Kier alpha value is -4.26. The Kier molecular flexibility index (Phi) is 8.30. The molecule has 0 atom stereocenters. The Morgan fingerprint density at radius 1 is 0.905 bits per heavy atom. The second kappa shape index (κ2) is 11.9. The third kappa shape index (κ3) is 5.36. The van der Waals surface area contributed by atoms with Crippen LogP contribution in [0.15, 0.2) is 88.2 Å². The van der Waals surface area contributed by atoms with E-state index in [1.165, 1.54) is 18.5 Å². The number of hydrogen-bond acceptors (Lipinski definition) is 9. The molecule has 1 fully saturated rings. The zero-order valence-electron chi connectivity index (χ0n) is 23.8. The monoisotopic (exact) mass is 592 g/mol. The number of morpholine rings is 1. The van der Waals surface area contributed by atoms with Crippen LogP contribution in [0.1, 0.15) is 25.3 Å². The van der Waals surface area contributed by atoms with Crippen LogP contribution >= 0.6 is 0 Å². The molecule has 3 heterocycles. The van der Waals surface area contributed by atoms with E-state index in [0.717, 1.165) is 5.69 Å². The van der Waals surface area contributed by atoms with E-state index < -0.39 is 27.9 Å². The molecule has 2 aliphatic heterocycles. The minimum atomic E-state index is -3.71. The molecule has 0 saturated carbocycles. The molecule has 0 bridgehead atoms. The van der Waals surface area contributed by atoms with Crippen LogP contribution in [0.2, 0.25) is 0 Å². The van der Waals surface area contributed by atoms with Gasteiger partial charge in [-0.15, -0.1) is 0 Å². The van der Waals surface area contributed by atoms with Crippen LogP contribution in [0, 0.1) is 0 Å². The van der Waals surface area contributed by atoms with Crippen LogP contribution in [-0.4, -0.2) is 75.0 Å². The van der Waals surface area contributed by atoms with Crippen molar-refractivity contribution in [3.8, 4) is 16.9 Å². The Morgan fingerprint density at radius 2 is 1.48 bits per heavy atom.